The summed E-state index contributed by atoms with van der Waals surface area (Å²) < 4.78 is 22.7. The maximum atomic E-state index is 15.2. The van der Waals surface area contributed by atoms with E-state index in [0.717, 1.165) is 89.1 Å². The number of benzene rings is 5. The lowest BCUT2D eigenvalue weighted by Gasteiger charge is -2.31. The number of carbonyl (C=O) groups is 4. The van der Waals surface area contributed by atoms with E-state index in [-0.39, 0.29) is 53.1 Å². The molecule has 7 aromatic rings. The Balaban J connectivity index is 0.000000357. The zero-order chi connectivity index (χ0) is 50.0. The third-order valence-electron chi connectivity index (χ3n) is 13.0. The number of primary amides is 2. The number of nitrogens with two attached hydrogens (primary N) is 2. The number of fused-ring (bicyclic) bond motifs is 2. The Morgan fingerprint density at radius 1 is 0.803 bits per heavy atom. The van der Waals surface area contributed by atoms with Crippen LogP contribution in [0, 0.1) is 5.82 Å². The Morgan fingerprint density at radius 2 is 1.54 bits per heavy atom. The molecule has 4 amide bonds. The van der Waals surface area contributed by atoms with Crippen LogP contribution >= 0.6 is 0 Å². The van der Waals surface area contributed by atoms with E-state index in [1.54, 1.807) is 54.6 Å². The van der Waals surface area contributed by atoms with Gasteiger partial charge in [0.05, 0.1) is 39.5 Å². The van der Waals surface area contributed by atoms with Crippen LogP contribution in [0.4, 0.5) is 10.1 Å². The molecule has 0 spiro atoms. The van der Waals surface area contributed by atoms with Crippen molar-refractivity contribution in [1.82, 2.24) is 35.6 Å². The van der Waals surface area contributed by atoms with Crippen LogP contribution in [0.5, 0.6) is 0 Å². The highest BCUT2D eigenvalue weighted by molar-refractivity contribution is 6.14. The molecule has 4 heterocycles. The summed E-state index contributed by atoms with van der Waals surface area (Å²) in [4.78, 5) is 57.4. The molecule has 0 aliphatic carbocycles. The van der Waals surface area contributed by atoms with Crippen LogP contribution in [-0.4, -0.2) is 88.2 Å². The fraction of sp³-hybridized carbons (Fsp3) is 0.309. The molecule has 2 aliphatic rings. The predicted octanol–water partition coefficient (Wildman–Crippen LogP) is 7.10. The summed E-state index contributed by atoms with van der Waals surface area (Å²) in [5.41, 5.74) is 18.0. The molecule has 1 atom stereocenters. The first kappa shape index (κ1) is 49.9. The van der Waals surface area contributed by atoms with Crippen molar-refractivity contribution in [3.8, 4) is 11.1 Å². The second kappa shape index (κ2) is 22.9. The van der Waals surface area contributed by atoms with Gasteiger partial charge in [-0.05, 0) is 97.0 Å². The van der Waals surface area contributed by atoms with Crippen LogP contribution < -0.4 is 32.7 Å². The lowest BCUT2D eigenvalue weighted by atomic mass is 9.98. The number of piperazine rings is 1. The van der Waals surface area contributed by atoms with Crippen LogP contribution in [0.15, 0.2) is 109 Å². The van der Waals surface area contributed by atoms with Gasteiger partial charge < -0.3 is 37.5 Å². The maximum absolute atomic E-state index is 15.2. The molecule has 2 aliphatic heterocycles. The maximum Gasteiger partial charge on any atom is 0.252 e. The second-order valence-electron chi connectivity index (χ2n) is 17.9. The summed E-state index contributed by atoms with van der Waals surface area (Å²) in [6, 6.07) is 30.8. The molecule has 0 unspecified atom stereocenters. The molecule has 0 saturated carbocycles. The minimum Gasteiger partial charge on any atom is -0.381 e. The number of pyridine rings is 1. The van der Waals surface area contributed by atoms with Gasteiger partial charge in [-0.2, -0.15) is 5.10 Å². The van der Waals surface area contributed by atoms with Crippen molar-refractivity contribution in [1.29, 1.82) is 0 Å². The van der Waals surface area contributed by atoms with Crippen molar-refractivity contribution >= 4 is 51.1 Å². The third kappa shape index (κ3) is 11.7. The first-order valence-electron chi connectivity index (χ1n) is 24.2. The molecule has 2 fully saturated rings. The van der Waals surface area contributed by atoms with Gasteiger partial charge in [-0.3, -0.25) is 24.1 Å². The minimum atomic E-state index is -0.653. The zero-order valence-corrected chi connectivity index (χ0v) is 40.4. The van der Waals surface area contributed by atoms with Crippen LogP contribution in [0.2, 0.25) is 0 Å². The fourth-order valence-electron chi connectivity index (χ4n) is 9.42. The monoisotopic (exact) mass is 960 g/mol. The van der Waals surface area contributed by atoms with Crippen LogP contribution in [-0.2, 0) is 37.3 Å². The lowest BCUT2D eigenvalue weighted by Crippen LogP contribution is -2.48. The highest BCUT2D eigenvalue weighted by atomic mass is 19.1. The molecule has 71 heavy (non-hydrogen) atoms. The van der Waals surface area contributed by atoms with Crippen LogP contribution in [0.25, 0.3) is 32.9 Å². The van der Waals surface area contributed by atoms with E-state index in [1.807, 2.05) is 48.1 Å². The standard InChI is InChI=1S/C43H51FN8O3.C12H10N2O2/c1-4-39-36(40(49-32-15-19-55-20-16-32)37-25-48-52(5-2)41(37)50-39)24-47-43(54)34-12-7-6-11-33(34)42(53)46-23-29-13-14-38(44)35(22-29)31-10-8-9-30(21-31)27-51-18-17-45-28(3)26-51;13-11(15)9-6-5-7-3-1-2-4-8(7)10(9)12(14)16/h6-14,21-22,25,28,32,45H,4-5,15-20,23-24,26-27H2,1-3H3,(H,46,53)(H,47,54)(H,49,50);1-6H,(H2,13,15)(H2,14,16)/t28-;/m0./s1. The van der Waals surface area contributed by atoms with Crippen molar-refractivity contribution < 1.29 is 28.3 Å². The smallest absolute Gasteiger partial charge is 0.252 e. The van der Waals surface area contributed by atoms with Gasteiger partial charge >= 0.3 is 0 Å². The van der Waals surface area contributed by atoms with E-state index in [2.05, 4.69) is 51.2 Å². The number of amides is 4. The van der Waals surface area contributed by atoms with E-state index < -0.39 is 17.7 Å². The number of halogens is 1. The summed E-state index contributed by atoms with van der Waals surface area (Å²) >= 11 is 0. The van der Waals surface area contributed by atoms with Gasteiger partial charge in [0.15, 0.2) is 5.65 Å². The van der Waals surface area contributed by atoms with Crippen molar-refractivity contribution in [2.75, 3.05) is 38.2 Å². The molecule has 368 valence electrons. The normalized spacial score (nSPS) is 15.2. The molecule has 16 heteroatoms. The van der Waals surface area contributed by atoms with Crippen molar-refractivity contribution in [3.63, 3.8) is 0 Å². The van der Waals surface area contributed by atoms with E-state index in [4.69, 9.17) is 21.2 Å². The van der Waals surface area contributed by atoms with E-state index in [0.29, 0.717) is 43.2 Å². The molecule has 8 N–H and O–H groups in total. The Labute approximate surface area is 412 Å². The average molecular weight is 961 g/mol. The van der Waals surface area contributed by atoms with Gasteiger partial charge in [0.25, 0.3) is 11.8 Å². The largest absolute Gasteiger partial charge is 0.381 e. The van der Waals surface area contributed by atoms with Crippen molar-refractivity contribution in [2.45, 2.75) is 78.3 Å². The Bertz CT molecular complexity index is 3080. The number of aryl methyl sites for hydroxylation is 2. The van der Waals surface area contributed by atoms with E-state index in [9.17, 15) is 19.2 Å². The molecule has 0 bridgehead atoms. The summed E-state index contributed by atoms with van der Waals surface area (Å²) in [6.45, 7) is 12.4. The van der Waals surface area contributed by atoms with Gasteiger partial charge in [0.1, 0.15) is 5.82 Å². The number of anilines is 1. The Morgan fingerprint density at radius 3 is 2.24 bits per heavy atom. The molecule has 5 aromatic carbocycles. The molecular formula is C55H61FN10O5. The second-order valence-corrected chi connectivity index (χ2v) is 17.9. The van der Waals surface area contributed by atoms with Crippen molar-refractivity contribution in [3.05, 3.63) is 160 Å². The summed E-state index contributed by atoms with van der Waals surface area (Å²) in [5, 5.41) is 20.3. The highest BCUT2D eigenvalue weighted by Gasteiger charge is 2.24. The summed E-state index contributed by atoms with van der Waals surface area (Å²) in [5.74, 6) is -2.38. The van der Waals surface area contributed by atoms with Gasteiger partial charge in [-0.15, -0.1) is 0 Å². The highest BCUT2D eigenvalue weighted by Crippen LogP contribution is 2.32. The molecule has 9 rings (SSSR count). The van der Waals surface area contributed by atoms with Gasteiger partial charge in [-0.1, -0.05) is 73.7 Å². The van der Waals surface area contributed by atoms with Crippen molar-refractivity contribution in [2.24, 2.45) is 11.5 Å². The number of hydrogen-bond donors (Lipinski definition) is 6. The van der Waals surface area contributed by atoms with Gasteiger partial charge in [0.2, 0.25) is 11.8 Å². The number of carbonyl (C=O) groups excluding carboxylic acids is 4. The first-order chi connectivity index (χ1) is 34.4. The molecule has 2 aromatic heterocycles. The minimum absolute atomic E-state index is 0.159. The third-order valence-corrected chi connectivity index (χ3v) is 13.0. The average Bonchev–Trinajstić information content (AvgIpc) is 3.81. The Hall–Kier alpha value is -7.53. The van der Waals surface area contributed by atoms with E-state index >= 15 is 4.39 Å². The zero-order valence-electron chi connectivity index (χ0n) is 40.4. The number of hydrogen-bond acceptors (Lipinski definition) is 10. The van der Waals surface area contributed by atoms with Gasteiger partial charge in [-0.25, -0.2) is 14.1 Å². The first-order valence-corrected chi connectivity index (χ1v) is 24.2. The number of rotatable bonds is 15. The molecular weight excluding hydrogens is 900 g/mol. The van der Waals surface area contributed by atoms with Crippen LogP contribution in [0.1, 0.15) is 97.4 Å². The number of aromatic nitrogens is 3. The SMILES string of the molecule is CCc1nc2c(cnn2CC)c(NC2CCOCC2)c1CNC(=O)c1ccccc1C(=O)NCc1ccc(F)c(-c2cccc(CN3CCN[C@@H](C)C3)c2)c1.NC(=O)c1ccc2ccccc2c1C(N)=O. The number of nitrogens with zero attached hydrogens (tertiary/aromatic N) is 4. The summed E-state index contributed by atoms with van der Waals surface area (Å²) in [7, 11) is 0. The lowest BCUT2D eigenvalue weighted by molar-refractivity contribution is 0.0904. The summed E-state index contributed by atoms with van der Waals surface area (Å²) in [6.07, 6.45) is 4.27. The van der Waals surface area contributed by atoms with Crippen LogP contribution in [0.3, 0.4) is 0 Å². The number of nitrogens with one attached hydrogen (secondary N) is 4. The van der Waals surface area contributed by atoms with E-state index in [1.165, 1.54) is 12.1 Å². The topological polar surface area (TPSA) is 212 Å². The fourth-order valence-corrected chi connectivity index (χ4v) is 9.42. The Kier molecular flexibility index (Phi) is 16.1. The molecule has 15 nitrogen and oxygen atoms in total. The molecule has 2 saturated heterocycles. The predicted molar refractivity (Wildman–Crippen MR) is 274 cm³/mol. The number of ether oxygens (including phenoxy) is 1. The van der Waals surface area contributed by atoms with Gasteiger partial charge in [0, 0.05) is 87.9 Å². The quantitative estimate of drug-likeness (QED) is 0.0614. The molecule has 0 radical (unpaired) electrons.